The molecule has 6 heteroatoms. The number of aryl methyl sites for hydroxylation is 3. The predicted molar refractivity (Wildman–Crippen MR) is 92.4 cm³/mol. The van der Waals surface area contributed by atoms with Gasteiger partial charge in [-0.15, -0.1) is 11.3 Å². The summed E-state index contributed by atoms with van der Waals surface area (Å²) in [7, 11) is 4.06. The van der Waals surface area contributed by atoms with Crippen LogP contribution in [0.1, 0.15) is 28.3 Å². The lowest BCUT2D eigenvalue weighted by Crippen LogP contribution is -2.18. The lowest BCUT2D eigenvalue weighted by Gasteiger charge is -2.15. The van der Waals surface area contributed by atoms with Crippen molar-refractivity contribution in [2.45, 2.75) is 33.9 Å². The SMILES string of the molecule is Cc1ccsc1-c1nc(CN(C)Cc2cnn(C)c2C)c(C)o1. The summed E-state index contributed by atoms with van der Waals surface area (Å²) in [4.78, 5) is 8.06. The van der Waals surface area contributed by atoms with Crippen LogP contribution in [0.3, 0.4) is 0 Å². The van der Waals surface area contributed by atoms with E-state index in [-0.39, 0.29) is 0 Å². The van der Waals surface area contributed by atoms with Crippen LogP contribution in [0.5, 0.6) is 0 Å². The van der Waals surface area contributed by atoms with E-state index in [0.717, 1.165) is 35.3 Å². The fraction of sp³-hybridized carbons (Fsp3) is 0.412. The van der Waals surface area contributed by atoms with Gasteiger partial charge in [-0.2, -0.15) is 5.10 Å². The van der Waals surface area contributed by atoms with Crippen molar-refractivity contribution in [1.29, 1.82) is 0 Å². The molecule has 3 rings (SSSR count). The maximum atomic E-state index is 5.87. The van der Waals surface area contributed by atoms with Gasteiger partial charge in [0.1, 0.15) is 5.76 Å². The Labute approximate surface area is 140 Å². The van der Waals surface area contributed by atoms with Crippen LogP contribution < -0.4 is 0 Å². The van der Waals surface area contributed by atoms with Crippen LogP contribution in [0.4, 0.5) is 0 Å². The lowest BCUT2D eigenvalue weighted by molar-refractivity contribution is 0.312. The molecule has 3 heterocycles. The number of aromatic nitrogens is 3. The van der Waals surface area contributed by atoms with Gasteiger partial charge in [0, 0.05) is 31.4 Å². The van der Waals surface area contributed by atoms with Gasteiger partial charge in [-0.3, -0.25) is 9.58 Å². The van der Waals surface area contributed by atoms with Gasteiger partial charge < -0.3 is 4.42 Å². The molecule has 0 amide bonds. The Balaban J connectivity index is 1.74. The summed E-state index contributed by atoms with van der Waals surface area (Å²) in [6.07, 6.45) is 1.93. The molecule has 5 nitrogen and oxygen atoms in total. The van der Waals surface area contributed by atoms with Gasteiger partial charge in [0.15, 0.2) is 0 Å². The fourth-order valence-corrected chi connectivity index (χ4v) is 3.42. The molecule has 122 valence electrons. The van der Waals surface area contributed by atoms with Crippen molar-refractivity contribution in [3.05, 3.63) is 45.9 Å². The van der Waals surface area contributed by atoms with Crippen LogP contribution in [0.2, 0.25) is 0 Å². The van der Waals surface area contributed by atoms with E-state index in [4.69, 9.17) is 9.40 Å². The van der Waals surface area contributed by atoms with Gasteiger partial charge in [0.2, 0.25) is 5.89 Å². The van der Waals surface area contributed by atoms with Crippen molar-refractivity contribution >= 4 is 11.3 Å². The third kappa shape index (κ3) is 3.23. The fourth-order valence-electron chi connectivity index (χ4n) is 2.57. The first-order valence-electron chi connectivity index (χ1n) is 7.62. The summed E-state index contributed by atoms with van der Waals surface area (Å²) < 4.78 is 7.78. The van der Waals surface area contributed by atoms with Crippen LogP contribution in [-0.4, -0.2) is 26.7 Å². The molecule has 0 aliphatic rings. The molecule has 0 saturated heterocycles. The average Bonchev–Trinajstić information content (AvgIpc) is 3.16. The maximum Gasteiger partial charge on any atom is 0.237 e. The number of thiophene rings is 1. The van der Waals surface area contributed by atoms with E-state index in [0.29, 0.717) is 0 Å². The standard InChI is InChI=1S/C17H22N4OS/c1-11-6-7-23-16(11)17-19-15(13(3)22-17)10-20(4)9-14-8-18-21(5)12(14)2/h6-8H,9-10H2,1-5H3. The minimum absolute atomic E-state index is 0.732. The van der Waals surface area contributed by atoms with Gasteiger partial charge in [-0.1, -0.05) is 0 Å². The van der Waals surface area contributed by atoms with Crippen molar-refractivity contribution in [1.82, 2.24) is 19.7 Å². The molecule has 0 radical (unpaired) electrons. The van der Waals surface area contributed by atoms with Crippen LogP contribution in [0, 0.1) is 20.8 Å². The van der Waals surface area contributed by atoms with Crippen LogP contribution in [0.15, 0.2) is 22.1 Å². The molecule has 3 aromatic rings. The summed E-state index contributed by atoms with van der Waals surface area (Å²) in [5.41, 5.74) is 4.65. The van der Waals surface area contributed by atoms with Gasteiger partial charge in [0.05, 0.1) is 16.8 Å². The van der Waals surface area contributed by atoms with Crippen molar-refractivity contribution in [2.75, 3.05) is 7.05 Å². The number of nitrogens with zero attached hydrogens (tertiary/aromatic N) is 4. The highest BCUT2D eigenvalue weighted by Gasteiger charge is 2.16. The van der Waals surface area contributed by atoms with Crippen LogP contribution >= 0.6 is 11.3 Å². The minimum atomic E-state index is 0.732. The van der Waals surface area contributed by atoms with E-state index in [2.05, 4.69) is 42.3 Å². The Morgan fingerprint density at radius 1 is 1.26 bits per heavy atom. The second kappa shape index (κ2) is 6.29. The first-order chi connectivity index (χ1) is 11.0. The molecule has 3 aromatic heterocycles. The molecule has 0 aliphatic carbocycles. The molecule has 0 atom stereocenters. The topological polar surface area (TPSA) is 47.1 Å². The number of oxazole rings is 1. The van der Waals surface area contributed by atoms with E-state index in [9.17, 15) is 0 Å². The Hall–Kier alpha value is -1.92. The van der Waals surface area contributed by atoms with Crippen molar-refractivity contribution in [2.24, 2.45) is 7.05 Å². The van der Waals surface area contributed by atoms with Crippen molar-refractivity contribution in [3.63, 3.8) is 0 Å². The third-order valence-electron chi connectivity index (χ3n) is 4.15. The highest BCUT2D eigenvalue weighted by Crippen LogP contribution is 2.30. The van der Waals surface area contributed by atoms with Crippen LogP contribution in [-0.2, 0) is 20.1 Å². The second-order valence-corrected chi connectivity index (χ2v) is 6.92. The highest BCUT2D eigenvalue weighted by atomic mass is 32.1. The Morgan fingerprint density at radius 2 is 2.04 bits per heavy atom. The Bertz CT molecular complexity index is 815. The van der Waals surface area contributed by atoms with E-state index in [1.165, 1.54) is 16.8 Å². The quantitative estimate of drug-likeness (QED) is 0.716. The van der Waals surface area contributed by atoms with E-state index in [1.807, 2.05) is 24.9 Å². The summed E-state index contributed by atoms with van der Waals surface area (Å²) in [5.74, 6) is 1.62. The zero-order valence-corrected chi connectivity index (χ0v) is 15.1. The van der Waals surface area contributed by atoms with E-state index >= 15 is 0 Å². The Morgan fingerprint density at radius 3 is 2.65 bits per heavy atom. The zero-order valence-electron chi connectivity index (χ0n) is 14.3. The molecule has 23 heavy (non-hydrogen) atoms. The molecule has 0 aliphatic heterocycles. The number of hydrogen-bond donors (Lipinski definition) is 0. The van der Waals surface area contributed by atoms with Gasteiger partial charge in [-0.25, -0.2) is 4.98 Å². The van der Waals surface area contributed by atoms with Crippen molar-refractivity contribution < 1.29 is 4.42 Å². The van der Waals surface area contributed by atoms with Gasteiger partial charge >= 0.3 is 0 Å². The molecule has 0 fully saturated rings. The first kappa shape index (κ1) is 16.0. The van der Waals surface area contributed by atoms with Gasteiger partial charge in [-0.05, 0) is 44.8 Å². The van der Waals surface area contributed by atoms with Gasteiger partial charge in [0.25, 0.3) is 0 Å². The lowest BCUT2D eigenvalue weighted by atomic mass is 10.2. The zero-order chi connectivity index (χ0) is 16.6. The third-order valence-corrected chi connectivity index (χ3v) is 5.15. The smallest absolute Gasteiger partial charge is 0.237 e. The van der Waals surface area contributed by atoms with Crippen molar-refractivity contribution in [3.8, 4) is 10.8 Å². The molecule has 0 unspecified atom stereocenters. The largest absolute Gasteiger partial charge is 0.440 e. The van der Waals surface area contributed by atoms with E-state index < -0.39 is 0 Å². The molecule has 0 spiro atoms. The average molecular weight is 330 g/mol. The Kier molecular flexibility index (Phi) is 4.37. The highest BCUT2D eigenvalue weighted by molar-refractivity contribution is 7.13. The molecule has 0 bridgehead atoms. The minimum Gasteiger partial charge on any atom is -0.440 e. The number of hydrogen-bond acceptors (Lipinski definition) is 5. The normalized spacial score (nSPS) is 11.6. The summed E-state index contributed by atoms with van der Waals surface area (Å²) >= 11 is 1.67. The molecule has 0 aromatic carbocycles. The van der Waals surface area contributed by atoms with E-state index in [1.54, 1.807) is 11.3 Å². The molecular formula is C17H22N4OS. The second-order valence-electron chi connectivity index (χ2n) is 6.01. The molecule has 0 N–H and O–H groups in total. The summed E-state index contributed by atoms with van der Waals surface area (Å²) in [5, 5.41) is 6.37. The monoisotopic (exact) mass is 330 g/mol. The summed E-state index contributed by atoms with van der Waals surface area (Å²) in [6.45, 7) is 7.77. The first-order valence-corrected chi connectivity index (χ1v) is 8.50. The number of rotatable bonds is 5. The van der Waals surface area contributed by atoms with Crippen LogP contribution in [0.25, 0.3) is 10.8 Å². The maximum absolute atomic E-state index is 5.87. The predicted octanol–water partition coefficient (Wildman–Crippen LogP) is 3.69. The summed E-state index contributed by atoms with van der Waals surface area (Å²) in [6, 6.07) is 2.09. The molecule has 0 saturated carbocycles. The molecular weight excluding hydrogens is 308 g/mol.